The molecule has 0 aliphatic carbocycles. The molecule has 0 bridgehead atoms. The molecular weight excluding hydrogens is 362 g/mol. The van der Waals surface area contributed by atoms with Crippen LogP contribution in [0.3, 0.4) is 0 Å². The smallest absolute Gasteiger partial charge is 0.240 e. The Balaban J connectivity index is 1.62. The molecule has 1 heterocycles. The molecule has 1 N–H and O–H groups in total. The number of aryl methyl sites for hydroxylation is 1. The molecule has 25 heavy (non-hydrogen) atoms. The van der Waals surface area contributed by atoms with Gasteiger partial charge in [-0.15, -0.1) is 0 Å². The molecular formula is C17H16ClN3O3S. The van der Waals surface area contributed by atoms with Crippen LogP contribution < -0.4 is 4.72 Å². The maximum atomic E-state index is 12.2. The summed E-state index contributed by atoms with van der Waals surface area (Å²) in [5, 5.41) is 4.41. The van der Waals surface area contributed by atoms with Crippen LogP contribution in [0.5, 0.6) is 0 Å². The molecule has 0 fully saturated rings. The molecule has 3 aromatic rings. The molecule has 3 rings (SSSR count). The fourth-order valence-electron chi connectivity index (χ4n) is 2.25. The number of halogens is 1. The first-order valence-corrected chi connectivity index (χ1v) is 9.45. The normalized spacial score (nSPS) is 11.6. The minimum Gasteiger partial charge on any atom is -0.339 e. The molecule has 0 amide bonds. The van der Waals surface area contributed by atoms with Crippen LogP contribution in [0.4, 0.5) is 0 Å². The Labute approximate surface area is 150 Å². The first-order valence-electron chi connectivity index (χ1n) is 7.59. The summed E-state index contributed by atoms with van der Waals surface area (Å²) in [6, 6.07) is 13.7. The van der Waals surface area contributed by atoms with Gasteiger partial charge in [-0.05, 0) is 37.3 Å². The second-order valence-electron chi connectivity index (χ2n) is 5.48. The van der Waals surface area contributed by atoms with Crippen LogP contribution in [0, 0.1) is 6.92 Å². The quantitative estimate of drug-likeness (QED) is 0.712. The van der Waals surface area contributed by atoms with Gasteiger partial charge in [0.05, 0.1) is 4.90 Å². The van der Waals surface area contributed by atoms with Gasteiger partial charge in [-0.3, -0.25) is 0 Å². The molecule has 0 unspecified atom stereocenters. The average molecular weight is 378 g/mol. The fourth-order valence-corrected chi connectivity index (χ4v) is 3.41. The second kappa shape index (κ2) is 7.35. The summed E-state index contributed by atoms with van der Waals surface area (Å²) in [6.07, 6.45) is 0.297. The Morgan fingerprint density at radius 2 is 1.92 bits per heavy atom. The van der Waals surface area contributed by atoms with E-state index in [1.807, 2.05) is 31.2 Å². The average Bonchev–Trinajstić information content (AvgIpc) is 3.04. The molecule has 0 spiro atoms. The lowest BCUT2D eigenvalue weighted by Crippen LogP contribution is -2.26. The largest absolute Gasteiger partial charge is 0.339 e. The molecule has 1 aromatic heterocycles. The third-order valence-electron chi connectivity index (χ3n) is 3.50. The van der Waals surface area contributed by atoms with Crippen LogP contribution in [0.25, 0.3) is 11.4 Å². The van der Waals surface area contributed by atoms with Crippen LogP contribution in [0.2, 0.25) is 5.02 Å². The van der Waals surface area contributed by atoms with Gasteiger partial charge in [0, 0.05) is 23.6 Å². The number of hydrogen-bond acceptors (Lipinski definition) is 5. The number of aromatic nitrogens is 2. The lowest BCUT2D eigenvalue weighted by atomic mass is 10.1. The number of hydrogen-bond donors (Lipinski definition) is 1. The lowest BCUT2D eigenvalue weighted by molar-refractivity contribution is 0.379. The van der Waals surface area contributed by atoms with E-state index in [1.165, 1.54) is 24.3 Å². The van der Waals surface area contributed by atoms with Crippen LogP contribution in [0.1, 0.15) is 11.5 Å². The summed E-state index contributed by atoms with van der Waals surface area (Å²) in [4.78, 5) is 4.45. The highest BCUT2D eigenvalue weighted by atomic mass is 35.5. The van der Waals surface area contributed by atoms with Crippen molar-refractivity contribution in [1.29, 1.82) is 0 Å². The summed E-state index contributed by atoms with van der Waals surface area (Å²) in [6.45, 7) is 2.14. The van der Waals surface area contributed by atoms with Gasteiger partial charge in [0.1, 0.15) is 0 Å². The number of rotatable bonds is 6. The Bertz CT molecular complexity index is 969. The molecule has 130 valence electrons. The molecule has 0 saturated heterocycles. The SMILES string of the molecule is Cc1cccc(-c2noc(CCNS(=O)(=O)c3ccc(Cl)cc3)n2)c1. The van der Waals surface area contributed by atoms with Gasteiger partial charge < -0.3 is 4.52 Å². The van der Waals surface area contributed by atoms with E-state index in [-0.39, 0.29) is 11.4 Å². The number of benzene rings is 2. The van der Waals surface area contributed by atoms with Gasteiger partial charge in [-0.25, -0.2) is 13.1 Å². The van der Waals surface area contributed by atoms with E-state index >= 15 is 0 Å². The van der Waals surface area contributed by atoms with Gasteiger partial charge >= 0.3 is 0 Å². The van der Waals surface area contributed by atoms with Crippen molar-refractivity contribution in [3.8, 4) is 11.4 Å². The Hall–Kier alpha value is -2.22. The van der Waals surface area contributed by atoms with E-state index < -0.39 is 10.0 Å². The second-order valence-corrected chi connectivity index (χ2v) is 7.69. The third kappa shape index (κ3) is 4.45. The molecule has 2 aromatic carbocycles. The Morgan fingerprint density at radius 1 is 1.16 bits per heavy atom. The summed E-state index contributed by atoms with van der Waals surface area (Å²) < 4.78 is 32.0. The number of nitrogens with zero attached hydrogens (tertiary/aromatic N) is 2. The zero-order chi connectivity index (χ0) is 17.9. The van der Waals surface area contributed by atoms with E-state index in [4.69, 9.17) is 16.1 Å². The van der Waals surface area contributed by atoms with Gasteiger partial charge in [0.2, 0.25) is 21.7 Å². The summed E-state index contributed by atoms with van der Waals surface area (Å²) in [5.41, 5.74) is 1.95. The van der Waals surface area contributed by atoms with Crippen LogP contribution >= 0.6 is 11.6 Å². The van der Waals surface area contributed by atoms with Crippen molar-refractivity contribution in [2.75, 3.05) is 6.54 Å². The van der Waals surface area contributed by atoms with Crippen molar-refractivity contribution in [1.82, 2.24) is 14.9 Å². The highest BCUT2D eigenvalue weighted by Gasteiger charge is 2.14. The zero-order valence-corrected chi connectivity index (χ0v) is 15.0. The predicted octanol–water partition coefficient (Wildman–Crippen LogP) is 3.22. The minimum atomic E-state index is -3.60. The monoisotopic (exact) mass is 377 g/mol. The third-order valence-corrected chi connectivity index (χ3v) is 5.23. The fraction of sp³-hybridized carbons (Fsp3) is 0.176. The van der Waals surface area contributed by atoms with E-state index in [0.717, 1.165) is 11.1 Å². The maximum Gasteiger partial charge on any atom is 0.240 e. The van der Waals surface area contributed by atoms with Crippen molar-refractivity contribution >= 4 is 21.6 Å². The van der Waals surface area contributed by atoms with Crippen molar-refractivity contribution in [3.63, 3.8) is 0 Å². The van der Waals surface area contributed by atoms with E-state index in [1.54, 1.807) is 0 Å². The Morgan fingerprint density at radius 3 is 2.64 bits per heavy atom. The number of sulfonamides is 1. The molecule has 0 saturated carbocycles. The summed E-state index contributed by atoms with van der Waals surface area (Å²) in [7, 11) is -3.60. The van der Waals surface area contributed by atoms with Crippen molar-refractivity contribution in [2.45, 2.75) is 18.2 Å². The first-order chi connectivity index (χ1) is 11.9. The molecule has 0 radical (unpaired) electrons. The molecule has 8 heteroatoms. The lowest BCUT2D eigenvalue weighted by Gasteiger charge is -2.05. The number of nitrogens with one attached hydrogen (secondary N) is 1. The molecule has 0 aliphatic heterocycles. The maximum absolute atomic E-state index is 12.2. The van der Waals surface area contributed by atoms with E-state index in [9.17, 15) is 8.42 Å². The Kier molecular flexibility index (Phi) is 5.17. The molecule has 6 nitrogen and oxygen atoms in total. The zero-order valence-electron chi connectivity index (χ0n) is 13.4. The van der Waals surface area contributed by atoms with E-state index in [2.05, 4.69) is 14.9 Å². The van der Waals surface area contributed by atoms with Crippen LogP contribution in [0.15, 0.2) is 57.9 Å². The van der Waals surface area contributed by atoms with Crippen molar-refractivity contribution in [2.24, 2.45) is 0 Å². The minimum absolute atomic E-state index is 0.153. The molecule has 0 aliphatic rings. The van der Waals surface area contributed by atoms with Crippen molar-refractivity contribution in [3.05, 3.63) is 65.0 Å². The van der Waals surface area contributed by atoms with E-state index in [0.29, 0.717) is 23.2 Å². The van der Waals surface area contributed by atoms with Crippen molar-refractivity contribution < 1.29 is 12.9 Å². The van der Waals surface area contributed by atoms with Crippen LogP contribution in [-0.2, 0) is 16.4 Å². The van der Waals surface area contributed by atoms with Gasteiger partial charge in [-0.1, -0.05) is 40.5 Å². The van der Waals surface area contributed by atoms with Crippen LogP contribution in [-0.4, -0.2) is 25.1 Å². The van der Waals surface area contributed by atoms with Gasteiger partial charge in [0.15, 0.2) is 0 Å². The first kappa shape index (κ1) is 17.6. The predicted molar refractivity (Wildman–Crippen MR) is 94.8 cm³/mol. The summed E-state index contributed by atoms with van der Waals surface area (Å²) >= 11 is 5.77. The highest BCUT2D eigenvalue weighted by Crippen LogP contribution is 2.17. The van der Waals surface area contributed by atoms with Gasteiger partial charge in [0.25, 0.3) is 0 Å². The van der Waals surface area contributed by atoms with Gasteiger partial charge in [-0.2, -0.15) is 4.98 Å². The molecule has 0 atom stereocenters. The topological polar surface area (TPSA) is 85.1 Å². The summed E-state index contributed by atoms with van der Waals surface area (Å²) in [5.74, 6) is 0.856. The highest BCUT2D eigenvalue weighted by molar-refractivity contribution is 7.89. The standard InChI is InChI=1S/C17H16ClN3O3S/c1-12-3-2-4-13(11-12)17-20-16(24-21-17)9-10-19-25(22,23)15-7-5-14(18)6-8-15/h2-8,11,19H,9-10H2,1H3.